The number of aliphatic hydroxyl groups is 1. The first-order valence-corrected chi connectivity index (χ1v) is 5.51. The van der Waals surface area contributed by atoms with Crippen LogP contribution in [0, 0.1) is 19.8 Å². The third-order valence-corrected chi connectivity index (χ3v) is 2.75. The summed E-state index contributed by atoms with van der Waals surface area (Å²) in [5.74, 6) is 0.328. The van der Waals surface area contributed by atoms with Crippen LogP contribution in [0.4, 0.5) is 0 Å². The molecule has 0 bridgehead atoms. The van der Waals surface area contributed by atoms with Crippen molar-refractivity contribution in [2.45, 2.75) is 27.3 Å². The van der Waals surface area contributed by atoms with Crippen molar-refractivity contribution in [2.24, 2.45) is 5.92 Å². The van der Waals surface area contributed by atoms with E-state index in [2.05, 4.69) is 37.4 Å². The van der Waals surface area contributed by atoms with Gasteiger partial charge in [-0.2, -0.15) is 0 Å². The first kappa shape index (κ1) is 12.2. The number of hydrogen-bond donors (Lipinski definition) is 2. The summed E-state index contributed by atoms with van der Waals surface area (Å²) in [5.41, 5.74) is 4.04. The second-order valence-electron chi connectivity index (χ2n) is 4.29. The highest BCUT2D eigenvalue weighted by Gasteiger charge is 2.03. The molecule has 0 fully saturated rings. The molecule has 0 saturated heterocycles. The van der Waals surface area contributed by atoms with E-state index in [1.54, 1.807) is 0 Å². The summed E-state index contributed by atoms with van der Waals surface area (Å²) in [6.45, 7) is 8.32. The number of nitrogens with one attached hydrogen (secondary N) is 1. The van der Waals surface area contributed by atoms with Crippen molar-refractivity contribution in [3.8, 4) is 0 Å². The van der Waals surface area contributed by atoms with Crippen LogP contribution in [0.3, 0.4) is 0 Å². The molecule has 0 aliphatic rings. The summed E-state index contributed by atoms with van der Waals surface area (Å²) in [6, 6.07) is 6.36. The van der Waals surface area contributed by atoms with Gasteiger partial charge in [-0.15, -0.1) is 0 Å². The van der Waals surface area contributed by atoms with E-state index in [1.165, 1.54) is 16.7 Å². The van der Waals surface area contributed by atoms with E-state index in [1.807, 2.05) is 6.92 Å². The lowest BCUT2D eigenvalue weighted by atomic mass is 10.0. The average Bonchev–Trinajstić information content (AvgIpc) is 2.22. The number of hydrogen-bond acceptors (Lipinski definition) is 2. The molecule has 2 N–H and O–H groups in total. The van der Waals surface area contributed by atoms with Crippen LogP contribution in [-0.2, 0) is 6.54 Å². The van der Waals surface area contributed by atoms with Crippen molar-refractivity contribution >= 4 is 0 Å². The van der Waals surface area contributed by atoms with E-state index >= 15 is 0 Å². The molecule has 0 aliphatic heterocycles. The minimum absolute atomic E-state index is 0.250. The lowest BCUT2D eigenvalue weighted by Crippen LogP contribution is -2.23. The normalized spacial score (nSPS) is 12.8. The Kier molecular flexibility index (Phi) is 4.79. The molecule has 0 aromatic heterocycles. The largest absolute Gasteiger partial charge is 0.396 e. The quantitative estimate of drug-likeness (QED) is 0.774. The maximum atomic E-state index is 8.90. The van der Waals surface area contributed by atoms with Crippen LogP contribution in [0.5, 0.6) is 0 Å². The van der Waals surface area contributed by atoms with Crippen molar-refractivity contribution in [3.05, 3.63) is 34.9 Å². The highest BCUT2D eigenvalue weighted by molar-refractivity contribution is 5.33. The van der Waals surface area contributed by atoms with E-state index in [9.17, 15) is 0 Å². The van der Waals surface area contributed by atoms with Crippen molar-refractivity contribution in [1.29, 1.82) is 0 Å². The van der Waals surface area contributed by atoms with Crippen LogP contribution in [0.25, 0.3) is 0 Å². The minimum Gasteiger partial charge on any atom is -0.396 e. The first-order chi connectivity index (χ1) is 7.15. The monoisotopic (exact) mass is 207 g/mol. The molecule has 2 nitrogen and oxygen atoms in total. The molecule has 1 rings (SSSR count). The Balaban J connectivity index is 2.50. The van der Waals surface area contributed by atoms with Gasteiger partial charge >= 0.3 is 0 Å². The third kappa shape index (κ3) is 3.65. The van der Waals surface area contributed by atoms with Gasteiger partial charge in [-0.05, 0) is 36.5 Å². The molecule has 0 saturated carbocycles. The number of aliphatic hydroxyl groups excluding tert-OH is 1. The lowest BCUT2D eigenvalue weighted by Gasteiger charge is -2.13. The second-order valence-corrected chi connectivity index (χ2v) is 4.29. The molecule has 0 radical (unpaired) electrons. The molecule has 1 unspecified atom stereocenters. The fraction of sp³-hybridized carbons (Fsp3) is 0.538. The SMILES string of the molecule is Cc1cccc(C)c1CNCC(C)CO. The average molecular weight is 207 g/mol. The van der Waals surface area contributed by atoms with Gasteiger partial charge in [-0.25, -0.2) is 0 Å². The first-order valence-electron chi connectivity index (χ1n) is 5.51. The van der Waals surface area contributed by atoms with Gasteiger partial charge in [0, 0.05) is 19.7 Å². The van der Waals surface area contributed by atoms with E-state index in [4.69, 9.17) is 5.11 Å². The smallest absolute Gasteiger partial charge is 0.0468 e. The van der Waals surface area contributed by atoms with Crippen molar-refractivity contribution in [1.82, 2.24) is 5.32 Å². The maximum Gasteiger partial charge on any atom is 0.0468 e. The van der Waals surface area contributed by atoms with Crippen molar-refractivity contribution in [3.63, 3.8) is 0 Å². The molecule has 2 heteroatoms. The summed E-state index contributed by atoms with van der Waals surface area (Å²) in [5, 5.41) is 12.3. The predicted octanol–water partition coefficient (Wildman–Crippen LogP) is 2.02. The molecule has 0 aliphatic carbocycles. The van der Waals surface area contributed by atoms with Crippen LogP contribution in [0.2, 0.25) is 0 Å². The van der Waals surface area contributed by atoms with E-state index in [-0.39, 0.29) is 6.61 Å². The molecular weight excluding hydrogens is 186 g/mol. The van der Waals surface area contributed by atoms with Crippen LogP contribution in [-0.4, -0.2) is 18.3 Å². The molecule has 84 valence electrons. The zero-order valence-electron chi connectivity index (χ0n) is 9.88. The summed E-state index contributed by atoms with van der Waals surface area (Å²) >= 11 is 0. The molecular formula is C13H21NO. The number of aryl methyl sites for hydroxylation is 2. The molecule has 0 amide bonds. The van der Waals surface area contributed by atoms with Gasteiger partial charge in [-0.3, -0.25) is 0 Å². The third-order valence-electron chi connectivity index (χ3n) is 2.75. The van der Waals surface area contributed by atoms with Crippen molar-refractivity contribution in [2.75, 3.05) is 13.2 Å². The topological polar surface area (TPSA) is 32.3 Å². The Morgan fingerprint density at radius 2 is 1.87 bits per heavy atom. The molecule has 1 atom stereocenters. The van der Waals surface area contributed by atoms with Gasteiger partial charge in [0.2, 0.25) is 0 Å². The highest BCUT2D eigenvalue weighted by Crippen LogP contribution is 2.12. The number of rotatable bonds is 5. The van der Waals surface area contributed by atoms with Gasteiger partial charge in [0.05, 0.1) is 0 Å². The molecule has 0 heterocycles. The Hall–Kier alpha value is -0.860. The van der Waals surface area contributed by atoms with Crippen LogP contribution < -0.4 is 5.32 Å². The van der Waals surface area contributed by atoms with E-state index in [0.717, 1.165) is 13.1 Å². The van der Waals surface area contributed by atoms with Gasteiger partial charge in [0.25, 0.3) is 0 Å². The standard InChI is InChI=1S/C13H21NO/c1-10(9-15)7-14-8-13-11(2)5-4-6-12(13)3/h4-6,10,14-15H,7-9H2,1-3H3. The van der Waals surface area contributed by atoms with Gasteiger partial charge in [0.1, 0.15) is 0 Å². The summed E-state index contributed by atoms with van der Waals surface area (Å²) in [6.07, 6.45) is 0. The molecule has 15 heavy (non-hydrogen) atoms. The Morgan fingerprint density at radius 1 is 1.27 bits per heavy atom. The van der Waals surface area contributed by atoms with Gasteiger partial charge in [-0.1, -0.05) is 25.1 Å². The fourth-order valence-electron chi connectivity index (χ4n) is 1.64. The summed E-state index contributed by atoms with van der Waals surface area (Å²) in [4.78, 5) is 0. The predicted molar refractivity (Wildman–Crippen MR) is 63.9 cm³/mol. The van der Waals surface area contributed by atoms with Crippen LogP contribution in [0.1, 0.15) is 23.6 Å². The lowest BCUT2D eigenvalue weighted by molar-refractivity contribution is 0.233. The molecule has 0 spiro atoms. The Morgan fingerprint density at radius 3 is 2.40 bits per heavy atom. The van der Waals surface area contributed by atoms with Crippen molar-refractivity contribution < 1.29 is 5.11 Å². The fourth-order valence-corrected chi connectivity index (χ4v) is 1.64. The van der Waals surface area contributed by atoms with E-state index in [0.29, 0.717) is 5.92 Å². The highest BCUT2D eigenvalue weighted by atomic mass is 16.3. The van der Waals surface area contributed by atoms with E-state index < -0.39 is 0 Å². The summed E-state index contributed by atoms with van der Waals surface area (Å²) < 4.78 is 0. The molecule has 1 aromatic carbocycles. The Bertz CT molecular complexity index is 289. The Labute approximate surface area is 92.3 Å². The maximum absolute atomic E-state index is 8.90. The number of benzene rings is 1. The van der Waals surface area contributed by atoms with Gasteiger partial charge in [0.15, 0.2) is 0 Å². The van der Waals surface area contributed by atoms with Gasteiger partial charge < -0.3 is 10.4 Å². The van der Waals surface area contributed by atoms with Crippen LogP contribution in [0.15, 0.2) is 18.2 Å². The summed E-state index contributed by atoms with van der Waals surface area (Å²) in [7, 11) is 0. The molecule has 1 aromatic rings. The zero-order valence-corrected chi connectivity index (χ0v) is 9.88. The zero-order chi connectivity index (χ0) is 11.3. The van der Waals surface area contributed by atoms with Crippen LogP contribution >= 0.6 is 0 Å². The minimum atomic E-state index is 0.250. The second kappa shape index (κ2) is 5.89.